The Morgan fingerprint density at radius 1 is 1.03 bits per heavy atom. The van der Waals surface area contributed by atoms with Crippen LogP contribution in [0.4, 0.5) is 27.4 Å². The first-order valence-corrected chi connectivity index (χ1v) is 10.9. The fourth-order valence-corrected chi connectivity index (χ4v) is 3.44. The number of aromatic nitrogens is 5. The van der Waals surface area contributed by atoms with Crippen molar-refractivity contribution in [1.82, 2.24) is 30.5 Å². The third-order valence-electron chi connectivity index (χ3n) is 5.18. The molecule has 0 saturated carbocycles. The molecular formula is C25H25FN8O3. The number of methoxy groups -OCH3 is 1. The number of hydrogen-bond acceptors (Lipinski definition) is 10. The minimum atomic E-state index is -2.80. The number of carbonyl (C=O) groups excluding carboxylic acids is 1. The number of pyridine rings is 1. The Balaban J connectivity index is 1.78. The molecule has 1 aromatic carbocycles. The van der Waals surface area contributed by atoms with Crippen molar-refractivity contribution in [3.8, 4) is 17.1 Å². The van der Waals surface area contributed by atoms with Crippen molar-refractivity contribution in [3.05, 3.63) is 72.1 Å². The maximum absolute atomic E-state index is 14.7. The Kier molecular flexibility index (Phi) is 6.12. The summed E-state index contributed by atoms with van der Waals surface area (Å²) in [6.07, 6.45) is 4.47. The maximum Gasteiger partial charge on any atom is 0.273 e. The zero-order chi connectivity index (χ0) is 29.1. The topological polar surface area (TPSA) is 147 Å². The molecule has 0 atom stereocenters. The fraction of sp³-hybridized carbons (Fsp3) is 0.200. The van der Waals surface area contributed by atoms with Gasteiger partial charge in [-0.15, -0.1) is 10.2 Å². The Morgan fingerprint density at radius 2 is 1.81 bits per heavy atom. The van der Waals surface area contributed by atoms with Crippen LogP contribution in [0.1, 0.15) is 34.0 Å². The Bertz CT molecular complexity index is 1530. The molecule has 0 aliphatic heterocycles. The normalized spacial score (nSPS) is 12.6. The van der Waals surface area contributed by atoms with Gasteiger partial charge in [-0.2, -0.15) is 0 Å². The van der Waals surface area contributed by atoms with Gasteiger partial charge in [-0.3, -0.25) is 4.79 Å². The first-order chi connectivity index (χ1) is 18.8. The minimum absolute atomic E-state index is 0.0262. The third kappa shape index (κ3) is 5.76. The van der Waals surface area contributed by atoms with Crippen molar-refractivity contribution >= 4 is 28.9 Å². The highest BCUT2D eigenvalue weighted by Crippen LogP contribution is 2.38. The second kappa shape index (κ2) is 10.5. The lowest BCUT2D eigenvalue weighted by Crippen LogP contribution is -2.21. The summed E-state index contributed by atoms with van der Waals surface area (Å²) >= 11 is 0. The molecule has 4 N–H and O–H groups in total. The lowest BCUT2D eigenvalue weighted by molar-refractivity contribution is 0.0785. The number of hydrogen-bond donors (Lipinski definition) is 4. The largest absolute Gasteiger partial charge is 0.494 e. The molecule has 0 unspecified atom stereocenters. The average molecular weight is 508 g/mol. The number of anilines is 4. The van der Waals surface area contributed by atoms with Gasteiger partial charge in [-0.1, -0.05) is 0 Å². The monoisotopic (exact) mass is 507 g/mol. The minimum Gasteiger partial charge on any atom is -0.494 e. The molecule has 0 saturated heterocycles. The molecule has 1 amide bonds. The first-order valence-electron chi connectivity index (χ1n) is 12.4. The SMILES string of the molecule is [2H]C([2H])([2H])NC(=O)c1nnc(Nc2cc(C(C)(C)O)ccn2)cc1Nc1cc(F)cc(-c2ncccn2)c1OC. The van der Waals surface area contributed by atoms with Gasteiger partial charge in [0.1, 0.15) is 11.6 Å². The summed E-state index contributed by atoms with van der Waals surface area (Å²) < 4.78 is 42.4. The molecule has 0 radical (unpaired) electrons. The number of amides is 1. The number of nitrogens with zero attached hydrogens (tertiary/aromatic N) is 5. The van der Waals surface area contributed by atoms with Crippen LogP contribution >= 0.6 is 0 Å². The van der Waals surface area contributed by atoms with E-state index in [0.29, 0.717) is 11.4 Å². The van der Waals surface area contributed by atoms with Crippen LogP contribution < -0.4 is 20.7 Å². The van der Waals surface area contributed by atoms with Gasteiger partial charge >= 0.3 is 0 Å². The molecule has 4 aromatic rings. The summed E-state index contributed by atoms with van der Waals surface area (Å²) in [7, 11) is 1.37. The van der Waals surface area contributed by atoms with Crippen LogP contribution in [-0.4, -0.2) is 50.2 Å². The van der Waals surface area contributed by atoms with Gasteiger partial charge in [0.05, 0.1) is 29.6 Å². The van der Waals surface area contributed by atoms with Crippen molar-refractivity contribution in [2.24, 2.45) is 0 Å². The second-order valence-corrected chi connectivity index (χ2v) is 8.29. The molecule has 0 spiro atoms. The second-order valence-electron chi connectivity index (χ2n) is 8.29. The van der Waals surface area contributed by atoms with Gasteiger partial charge in [0, 0.05) is 41.8 Å². The zero-order valence-electron chi connectivity index (χ0n) is 23.1. The molecule has 11 nitrogen and oxygen atoms in total. The number of nitrogens with one attached hydrogen (secondary N) is 3. The van der Waals surface area contributed by atoms with Gasteiger partial charge in [0.2, 0.25) is 0 Å². The number of benzene rings is 1. The highest BCUT2D eigenvalue weighted by atomic mass is 19.1. The molecule has 3 heterocycles. The van der Waals surface area contributed by atoms with E-state index >= 15 is 0 Å². The van der Waals surface area contributed by atoms with E-state index in [1.807, 2.05) is 5.32 Å². The highest BCUT2D eigenvalue weighted by molar-refractivity contribution is 5.99. The van der Waals surface area contributed by atoms with Crippen LogP contribution in [0.25, 0.3) is 11.4 Å². The predicted molar refractivity (Wildman–Crippen MR) is 135 cm³/mol. The van der Waals surface area contributed by atoms with E-state index in [9.17, 15) is 14.3 Å². The van der Waals surface area contributed by atoms with Crippen LogP contribution in [-0.2, 0) is 5.60 Å². The average Bonchev–Trinajstić information content (AvgIpc) is 2.88. The molecule has 4 rings (SSSR count). The molecule has 0 fully saturated rings. The van der Waals surface area contributed by atoms with Gasteiger partial charge in [-0.25, -0.2) is 19.3 Å². The van der Waals surface area contributed by atoms with Crippen molar-refractivity contribution < 1.29 is 23.1 Å². The van der Waals surface area contributed by atoms with Crippen LogP contribution in [0.15, 0.2) is 55.0 Å². The number of aliphatic hydroxyl groups is 1. The van der Waals surface area contributed by atoms with Gasteiger partial charge < -0.3 is 25.8 Å². The summed E-state index contributed by atoms with van der Waals surface area (Å²) in [6.45, 7) is 0.434. The third-order valence-corrected chi connectivity index (χ3v) is 5.18. The van der Waals surface area contributed by atoms with Crippen molar-refractivity contribution in [2.45, 2.75) is 19.4 Å². The van der Waals surface area contributed by atoms with E-state index < -0.39 is 24.3 Å². The summed E-state index contributed by atoms with van der Waals surface area (Å²) in [5, 5.41) is 25.9. The maximum atomic E-state index is 14.7. The summed E-state index contributed by atoms with van der Waals surface area (Å²) in [5.74, 6) is -0.949. The number of ether oxygens (including phenoxy) is 1. The van der Waals surface area contributed by atoms with Gasteiger partial charge in [0.15, 0.2) is 23.1 Å². The molecule has 37 heavy (non-hydrogen) atoms. The van der Waals surface area contributed by atoms with Crippen LogP contribution in [0, 0.1) is 5.82 Å². The Hall–Kier alpha value is -4.71. The van der Waals surface area contributed by atoms with Crippen LogP contribution in [0.5, 0.6) is 5.75 Å². The molecule has 3 aromatic heterocycles. The predicted octanol–water partition coefficient (Wildman–Crippen LogP) is 3.55. The molecule has 12 heteroatoms. The van der Waals surface area contributed by atoms with E-state index in [-0.39, 0.29) is 40.0 Å². The first kappa shape index (κ1) is 21.6. The number of rotatable bonds is 8. The fourth-order valence-electron chi connectivity index (χ4n) is 3.44. The molecule has 0 bridgehead atoms. The molecule has 190 valence electrons. The Labute approximate surface area is 216 Å². The molecular weight excluding hydrogens is 479 g/mol. The quantitative estimate of drug-likeness (QED) is 0.279. The van der Waals surface area contributed by atoms with E-state index in [4.69, 9.17) is 8.85 Å². The van der Waals surface area contributed by atoms with Crippen molar-refractivity contribution in [2.75, 3.05) is 24.7 Å². The van der Waals surface area contributed by atoms with E-state index in [2.05, 4.69) is 35.8 Å². The zero-order valence-corrected chi connectivity index (χ0v) is 20.1. The standard InChI is InChI=1S/C25H25FN8O3/c1-25(2,36)14-6-9-28-19(10-14)32-20-13-17(21(34-33-20)24(35)27-3)31-18-12-15(26)11-16(22(18)37-4)23-29-7-5-8-30-23/h5-13,36H,1-4H3,(H,27,35)(H2,28,31,32,33)/i3D3. The molecule has 0 aliphatic rings. The summed E-state index contributed by atoms with van der Waals surface area (Å²) in [5.41, 5.74) is -0.667. The van der Waals surface area contributed by atoms with Crippen LogP contribution in [0.3, 0.4) is 0 Å². The summed E-state index contributed by atoms with van der Waals surface area (Å²) in [6, 6.07) is 8.54. The lowest BCUT2D eigenvalue weighted by Gasteiger charge is -2.18. The van der Waals surface area contributed by atoms with E-state index in [1.54, 1.807) is 32.0 Å². The van der Waals surface area contributed by atoms with Gasteiger partial charge in [0.25, 0.3) is 5.91 Å². The summed E-state index contributed by atoms with van der Waals surface area (Å²) in [4.78, 5) is 25.3. The molecule has 0 aliphatic carbocycles. The van der Waals surface area contributed by atoms with E-state index in [1.165, 1.54) is 37.8 Å². The lowest BCUT2D eigenvalue weighted by atomic mass is 10.00. The van der Waals surface area contributed by atoms with Gasteiger partial charge in [-0.05, 0) is 43.7 Å². The number of halogens is 1. The number of carbonyl (C=O) groups is 1. The Morgan fingerprint density at radius 3 is 2.51 bits per heavy atom. The highest BCUT2D eigenvalue weighted by Gasteiger charge is 2.21. The van der Waals surface area contributed by atoms with Crippen LogP contribution in [0.2, 0.25) is 0 Å². The van der Waals surface area contributed by atoms with E-state index in [0.717, 1.165) is 6.07 Å². The van der Waals surface area contributed by atoms with Crippen molar-refractivity contribution in [3.63, 3.8) is 0 Å². The van der Waals surface area contributed by atoms with Crippen molar-refractivity contribution in [1.29, 1.82) is 0 Å². The smallest absolute Gasteiger partial charge is 0.273 e.